The second-order valence-corrected chi connectivity index (χ2v) is 7.41. The van der Waals surface area contributed by atoms with E-state index in [1.54, 1.807) is 6.20 Å². The van der Waals surface area contributed by atoms with E-state index in [1.165, 1.54) is 17.6 Å². The number of aryl methyl sites for hydroxylation is 1. The summed E-state index contributed by atoms with van der Waals surface area (Å²) < 4.78 is 2.17. The van der Waals surface area contributed by atoms with Gasteiger partial charge in [0.25, 0.3) is 0 Å². The topological polar surface area (TPSA) is 45.5 Å². The number of rotatable bonds is 4. The van der Waals surface area contributed by atoms with E-state index in [4.69, 9.17) is 16.6 Å². The maximum atomic E-state index is 5.92. The summed E-state index contributed by atoms with van der Waals surface area (Å²) in [4.78, 5) is 11.7. The van der Waals surface area contributed by atoms with E-state index < -0.39 is 0 Å². The monoisotopic (exact) mass is 369 g/mol. The largest absolute Gasteiger partial charge is 0.367 e. The summed E-state index contributed by atoms with van der Waals surface area (Å²) in [6.45, 7) is 5.15. The van der Waals surface area contributed by atoms with Gasteiger partial charge in [-0.3, -0.25) is 4.90 Å². The standard InChI is InChI=1S/C20H24ClN5/c1-15-23-18(19-6-2-3-11-26(15)19)14-25-10-4-5-17(9-12-25)24-20-8-7-16(21)13-22-20/h2-3,6-8,11,13,17H,4-5,9-10,12,14H2,1H3,(H,22,24). The van der Waals surface area contributed by atoms with Crippen LogP contribution in [0.2, 0.25) is 5.02 Å². The molecule has 1 fully saturated rings. The summed E-state index contributed by atoms with van der Waals surface area (Å²) in [6, 6.07) is 10.6. The van der Waals surface area contributed by atoms with Crippen LogP contribution in [0.25, 0.3) is 5.52 Å². The van der Waals surface area contributed by atoms with Gasteiger partial charge in [0.05, 0.1) is 16.2 Å². The number of nitrogens with one attached hydrogen (secondary N) is 1. The van der Waals surface area contributed by atoms with Crippen LogP contribution in [0.1, 0.15) is 30.8 Å². The van der Waals surface area contributed by atoms with E-state index in [2.05, 4.69) is 50.9 Å². The van der Waals surface area contributed by atoms with Gasteiger partial charge in [-0.25, -0.2) is 9.97 Å². The number of anilines is 1. The average Bonchev–Trinajstić information content (AvgIpc) is 2.81. The molecule has 1 atom stereocenters. The number of halogens is 1. The zero-order valence-corrected chi connectivity index (χ0v) is 15.8. The molecule has 1 N–H and O–H groups in total. The highest BCUT2D eigenvalue weighted by Crippen LogP contribution is 2.20. The zero-order valence-electron chi connectivity index (χ0n) is 15.0. The fraction of sp³-hybridized carbons (Fsp3) is 0.400. The number of hydrogen-bond donors (Lipinski definition) is 1. The predicted molar refractivity (Wildman–Crippen MR) is 106 cm³/mol. The number of fused-ring (bicyclic) bond motifs is 1. The Morgan fingerprint density at radius 2 is 2.12 bits per heavy atom. The Hall–Kier alpha value is -2.11. The summed E-state index contributed by atoms with van der Waals surface area (Å²) in [5.74, 6) is 1.96. The Balaban J connectivity index is 1.39. The van der Waals surface area contributed by atoms with Gasteiger partial charge in [-0.05, 0) is 57.0 Å². The van der Waals surface area contributed by atoms with Crippen molar-refractivity contribution >= 4 is 22.9 Å². The summed E-state index contributed by atoms with van der Waals surface area (Å²) in [5.41, 5.74) is 2.39. The molecular formula is C20H24ClN5. The van der Waals surface area contributed by atoms with Gasteiger partial charge in [-0.2, -0.15) is 0 Å². The summed E-state index contributed by atoms with van der Waals surface area (Å²) in [6.07, 6.45) is 7.22. The lowest BCUT2D eigenvalue weighted by Crippen LogP contribution is -2.26. The molecule has 4 rings (SSSR count). The molecule has 136 valence electrons. The maximum absolute atomic E-state index is 5.92. The SMILES string of the molecule is Cc1nc(CN2CCCC(Nc3ccc(Cl)cn3)CC2)c2ccccn12. The highest BCUT2D eigenvalue weighted by atomic mass is 35.5. The van der Waals surface area contributed by atoms with E-state index in [9.17, 15) is 0 Å². The molecule has 5 nitrogen and oxygen atoms in total. The first-order chi connectivity index (χ1) is 12.7. The first-order valence-electron chi connectivity index (χ1n) is 9.22. The molecule has 26 heavy (non-hydrogen) atoms. The van der Waals surface area contributed by atoms with Crippen molar-refractivity contribution in [2.24, 2.45) is 0 Å². The summed E-state index contributed by atoms with van der Waals surface area (Å²) >= 11 is 5.92. The molecule has 0 radical (unpaired) electrons. The van der Waals surface area contributed by atoms with Crippen LogP contribution in [0, 0.1) is 6.92 Å². The third-order valence-corrected chi connectivity index (χ3v) is 5.30. The lowest BCUT2D eigenvalue weighted by Gasteiger charge is -2.20. The molecule has 0 aromatic carbocycles. The quantitative estimate of drug-likeness (QED) is 0.750. The molecule has 4 heterocycles. The van der Waals surface area contributed by atoms with Crippen LogP contribution in [-0.4, -0.2) is 38.4 Å². The first-order valence-corrected chi connectivity index (χ1v) is 9.60. The molecule has 3 aromatic heterocycles. The van der Waals surface area contributed by atoms with Crippen LogP contribution in [-0.2, 0) is 6.54 Å². The second-order valence-electron chi connectivity index (χ2n) is 6.97. The maximum Gasteiger partial charge on any atom is 0.126 e. The fourth-order valence-electron chi connectivity index (χ4n) is 3.72. The third-order valence-electron chi connectivity index (χ3n) is 5.07. The van der Waals surface area contributed by atoms with E-state index in [0.29, 0.717) is 11.1 Å². The summed E-state index contributed by atoms with van der Waals surface area (Å²) in [7, 11) is 0. The smallest absolute Gasteiger partial charge is 0.126 e. The number of nitrogens with zero attached hydrogens (tertiary/aromatic N) is 4. The minimum absolute atomic E-state index is 0.453. The molecule has 0 spiro atoms. The minimum Gasteiger partial charge on any atom is -0.367 e. The van der Waals surface area contributed by atoms with Gasteiger partial charge >= 0.3 is 0 Å². The molecule has 0 aliphatic carbocycles. The number of likely N-dealkylation sites (tertiary alicyclic amines) is 1. The van der Waals surface area contributed by atoms with Crippen molar-refractivity contribution in [2.75, 3.05) is 18.4 Å². The van der Waals surface area contributed by atoms with E-state index in [-0.39, 0.29) is 0 Å². The molecular weight excluding hydrogens is 346 g/mol. The van der Waals surface area contributed by atoms with Crippen molar-refractivity contribution < 1.29 is 0 Å². The van der Waals surface area contributed by atoms with Gasteiger partial charge < -0.3 is 9.72 Å². The van der Waals surface area contributed by atoms with Gasteiger partial charge in [0.2, 0.25) is 0 Å². The number of aromatic nitrogens is 3. The van der Waals surface area contributed by atoms with Gasteiger partial charge in [-0.15, -0.1) is 0 Å². The highest BCUT2D eigenvalue weighted by Gasteiger charge is 2.19. The van der Waals surface area contributed by atoms with Crippen LogP contribution in [0.3, 0.4) is 0 Å². The number of pyridine rings is 2. The van der Waals surface area contributed by atoms with Crippen LogP contribution in [0.15, 0.2) is 42.7 Å². The van der Waals surface area contributed by atoms with Crippen LogP contribution in [0.5, 0.6) is 0 Å². The number of hydrogen-bond acceptors (Lipinski definition) is 4. The second kappa shape index (κ2) is 7.64. The predicted octanol–water partition coefficient (Wildman–Crippen LogP) is 4.16. The number of imidazole rings is 1. The lowest BCUT2D eigenvalue weighted by atomic mass is 10.1. The Bertz CT molecular complexity index is 874. The molecule has 3 aromatic rings. The third kappa shape index (κ3) is 3.84. The Kier molecular flexibility index (Phi) is 5.09. The van der Waals surface area contributed by atoms with Crippen molar-refractivity contribution in [3.05, 3.63) is 59.3 Å². The van der Waals surface area contributed by atoms with E-state index >= 15 is 0 Å². The Morgan fingerprint density at radius 3 is 2.96 bits per heavy atom. The van der Waals surface area contributed by atoms with E-state index in [1.807, 2.05) is 12.1 Å². The van der Waals surface area contributed by atoms with Gasteiger partial charge in [-0.1, -0.05) is 17.7 Å². The van der Waals surface area contributed by atoms with Crippen molar-refractivity contribution in [3.8, 4) is 0 Å². The van der Waals surface area contributed by atoms with Crippen molar-refractivity contribution in [1.82, 2.24) is 19.3 Å². The average molecular weight is 370 g/mol. The highest BCUT2D eigenvalue weighted by molar-refractivity contribution is 6.30. The van der Waals surface area contributed by atoms with E-state index in [0.717, 1.165) is 44.1 Å². The van der Waals surface area contributed by atoms with Gasteiger partial charge in [0.15, 0.2) is 0 Å². The molecule has 6 heteroatoms. The minimum atomic E-state index is 0.453. The molecule has 1 saturated heterocycles. The molecule has 0 saturated carbocycles. The Labute approximate surface area is 159 Å². The van der Waals surface area contributed by atoms with Gasteiger partial charge in [0.1, 0.15) is 11.6 Å². The zero-order chi connectivity index (χ0) is 17.9. The van der Waals surface area contributed by atoms with Crippen molar-refractivity contribution in [2.45, 2.75) is 38.8 Å². The Morgan fingerprint density at radius 1 is 1.19 bits per heavy atom. The van der Waals surface area contributed by atoms with Crippen LogP contribution in [0.4, 0.5) is 5.82 Å². The molecule has 0 bridgehead atoms. The molecule has 1 aliphatic heterocycles. The molecule has 0 amide bonds. The first kappa shape index (κ1) is 17.3. The van der Waals surface area contributed by atoms with Crippen molar-refractivity contribution in [3.63, 3.8) is 0 Å². The lowest BCUT2D eigenvalue weighted by molar-refractivity contribution is 0.274. The molecule has 1 unspecified atom stereocenters. The normalized spacial score (nSPS) is 18.8. The summed E-state index contributed by atoms with van der Waals surface area (Å²) in [5, 5.41) is 4.22. The fourth-order valence-corrected chi connectivity index (χ4v) is 3.84. The van der Waals surface area contributed by atoms with Crippen molar-refractivity contribution in [1.29, 1.82) is 0 Å². The van der Waals surface area contributed by atoms with Crippen LogP contribution < -0.4 is 5.32 Å². The van der Waals surface area contributed by atoms with Gasteiger partial charge in [0, 0.05) is 31.5 Å². The van der Waals surface area contributed by atoms with Crippen LogP contribution >= 0.6 is 11.6 Å². The molecule has 1 aliphatic rings.